The molecule has 1 fully saturated rings. The molecule has 41 heavy (non-hydrogen) atoms. The molecular formula is C30H27ClF3N3O4. The molecule has 1 aliphatic rings. The van der Waals surface area contributed by atoms with E-state index in [1.807, 2.05) is 30.3 Å². The summed E-state index contributed by atoms with van der Waals surface area (Å²) < 4.78 is 45.9. The van der Waals surface area contributed by atoms with Crippen molar-refractivity contribution in [2.45, 2.75) is 37.0 Å². The fourth-order valence-corrected chi connectivity index (χ4v) is 5.00. The number of benzene rings is 3. The summed E-state index contributed by atoms with van der Waals surface area (Å²) in [6.07, 6.45) is -3.92. The van der Waals surface area contributed by atoms with Crippen LogP contribution < -0.4 is 16.6 Å². The van der Waals surface area contributed by atoms with Gasteiger partial charge >= 0.3 is 12.1 Å². The van der Waals surface area contributed by atoms with E-state index in [-0.39, 0.29) is 41.6 Å². The number of fused-ring (bicyclic) bond motifs is 1. The Morgan fingerprint density at radius 3 is 2.44 bits per heavy atom. The Balaban J connectivity index is 0.00000387. The molecule has 4 aromatic rings. The summed E-state index contributed by atoms with van der Waals surface area (Å²) in [6, 6.07) is 19.4. The molecule has 11 heteroatoms. The molecule has 214 valence electrons. The van der Waals surface area contributed by atoms with Gasteiger partial charge in [-0.1, -0.05) is 60.7 Å². The number of carbonyl (C=O) groups excluding carboxylic acids is 2. The molecule has 7 nitrogen and oxygen atoms in total. The van der Waals surface area contributed by atoms with Crippen LogP contribution >= 0.6 is 12.4 Å². The van der Waals surface area contributed by atoms with Gasteiger partial charge in [0.05, 0.1) is 17.5 Å². The van der Waals surface area contributed by atoms with Crippen LogP contribution in [0.1, 0.15) is 29.0 Å². The Kier molecular flexibility index (Phi) is 8.84. The predicted octanol–water partition coefficient (Wildman–Crippen LogP) is 4.72. The third-order valence-corrected chi connectivity index (χ3v) is 7.01. The average Bonchev–Trinajstić information content (AvgIpc) is 3.31. The lowest BCUT2D eigenvalue weighted by Crippen LogP contribution is -2.38. The van der Waals surface area contributed by atoms with Gasteiger partial charge in [-0.2, -0.15) is 13.2 Å². The third-order valence-electron chi connectivity index (χ3n) is 7.01. The average molecular weight is 586 g/mol. The number of ether oxygens (including phenoxy) is 1. The van der Waals surface area contributed by atoms with Crippen molar-refractivity contribution in [2.24, 2.45) is 5.73 Å². The molecule has 1 aliphatic heterocycles. The van der Waals surface area contributed by atoms with Gasteiger partial charge in [0.1, 0.15) is 12.6 Å². The zero-order valence-electron chi connectivity index (χ0n) is 21.6. The van der Waals surface area contributed by atoms with Crippen molar-refractivity contribution in [2.75, 3.05) is 6.61 Å². The van der Waals surface area contributed by atoms with E-state index >= 15 is 0 Å². The van der Waals surface area contributed by atoms with E-state index in [0.29, 0.717) is 23.8 Å². The summed E-state index contributed by atoms with van der Waals surface area (Å²) in [6.45, 7) is -0.0420. The fraction of sp³-hybridized carbons (Fsp3) is 0.233. The molecule has 3 aromatic carbocycles. The Hall–Kier alpha value is -4.15. The zero-order chi connectivity index (χ0) is 28.4. The molecule has 1 saturated heterocycles. The second-order valence-electron chi connectivity index (χ2n) is 9.82. The monoisotopic (exact) mass is 585 g/mol. The van der Waals surface area contributed by atoms with Crippen LogP contribution in [0.4, 0.5) is 13.2 Å². The van der Waals surface area contributed by atoms with E-state index < -0.39 is 41.3 Å². The normalized spacial score (nSPS) is 17.5. The van der Waals surface area contributed by atoms with E-state index in [0.717, 1.165) is 11.6 Å². The molecule has 0 radical (unpaired) electrons. The van der Waals surface area contributed by atoms with Crippen LogP contribution in [0.25, 0.3) is 22.0 Å². The van der Waals surface area contributed by atoms with Gasteiger partial charge in [0.25, 0.3) is 5.56 Å². The number of aromatic nitrogens is 1. The lowest BCUT2D eigenvalue weighted by Gasteiger charge is -2.15. The standard InChI is InChI=1S/C30H26F3N3O4.ClH/c31-30(32,33)24-9-5-4-8-21(24)26-14-19-11-10-18(13-22(19)28(38)36-26)23-15-20(35-27(23)37)16-40-29(39)25(34)12-17-6-2-1-3-7-17;/h1-11,13-14,20,23,25H,12,15-16,34H2,(H,35,37)(H,36,38);1H/t20-,23-,25+;/m1./s1. The Morgan fingerprint density at radius 2 is 1.71 bits per heavy atom. The second-order valence-corrected chi connectivity index (χ2v) is 9.82. The molecule has 0 saturated carbocycles. The Bertz CT molecular complexity index is 1630. The zero-order valence-corrected chi connectivity index (χ0v) is 22.4. The number of hydrogen-bond acceptors (Lipinski definition) is 5. The van der Waals surface area contributed by atoms with Crippen molar-refractivity contribution >= 4 is 35.1 Å². The highest BCUT2D eigenvalue weighted by atomic mass is 35.5. The van der Waals surface area contributed by atoms with Crippen LogP contribution in [0, 0.1) is 0 Å². The lowest BCUT2D eigenvalue weighted by atomic mass is 9.93. The minimum Gasteiger partial charge on any atom is -0.462 e. The van der Waals surface area contributed by atoms with Crippen molar-refractivity contribution in [3.8, 4) is 11.3 Å². The van der Waals surface area contributed by atoms with E-state index in [1.54, 1.807) is 18.2 Å². The Morgan fingerprint density at radius 1 is 1.00 bits per heavy atom. The SMILES string of the molecule is Cl.N[C@@H](Cc1ccccc1)C(=O)OC[C@H]1C[C@H](c2ccc3cc(-c4ccccc4C(F)(F)F)[nH]c(=O)c3c2)C(=O)N1. The van der Waals surface area contributed by atoms with Crippen LogP contribution in [-0.4, -0.2) is 35.6 Å². The first-order valence-corrected chi connectivity index (χ1v) is 12.7. The van der Waals surface area contributed by atoms with E-state index in [4.69, 9.17) is 10.5 Å². The summed E-state index contributed by atoms with van der Waals surface area (Å²) in [5.41, 5.74) is 5.96. The minimum absolute atomic E-state index is 0. The smallest absolute Gasteiger partial charge is 0.417 e. The van der Waals surface area contributed by atoms with E-state index in [2.05, 4.69) is 10.3 Å². The largest absolute Gasteiger partial charge is 0.462 e. The van der Waals surface area contributed by atoms with Gasteiger partial charge < -0.3 is 20.8 Å². The van der Waals surface area contributed by atoms with Crippen LogP contribution in [0.5, 0.6) is 0 Å². The molecule has 0 aliphatic carbocycles. The highest BCUT2D eigenvalue weighted by Gasteiger charge is 2.35. The predicted molar refractivity (Wildman–Crippen MR) is 151 cm³/mol. The van der Waals surface area contributed by atoms with Crippen LogP contribution in [0.3, 0.4) is 0 Å². The molecular weight excluding hydrogens is 559 g/mol. The number of H-pyrrole nitrogens is 1. The summed E-state index contributed by atoms with van der Waals surface area (Å²) in [5.74, 6) is -1.43. The maximum atomic E-state index is 13.5. The topological polar surface area (TPSA) is 114 Å². The quantitative estimate of drug-likeness (QED) is 0.272. The van der Waals surface area contributed by atoms with Crippen LogP contribution in [-0.2, 0) is 26.9 Å². The van der Waals surface area contributed by atoms with Gasteiger partial charge in [-0.25, -0.2) is 0 Å². The van der Waals surface area contributed by atoms with Gasteiger partial charge in [0.2, 0.25) is 5.91 Å². The number of pyridine rings is 1. The summed E-state index contributed by atoms with van der Waals surface area (Å²) in [7, 11) is 0. The Labute approximate surface area is 239 Å². The van der Waals surface area contributed by atoms with Gasteiger partial charge in [-0.05, 0) is 47.6 Å². The maximum Gasteiger partial charge on any atom is 0.417 e. The maximum absolute atomic E-state index is 13.5. The number of aromatic amines is 1. The number of rotatable bonds is 7. The first kappa shape index (κ1) is 29.8. The molecule has 1 amide bonds. The van der Waals surface area contributed by atoms with Gasteiger partial charge in [0, 0.05) is 16.6 Å². The van der Waals surface area contributed by atoms with Gasteiger partial charge in [-0.3, -0.25) is 14.4 Å². The molecule has 4 N–H and O–H groups in total. The number of amides is 1. The molecule has 2 heterocycles. The number of halogens is 4. The van der Waals surface area contributed by atoms with Crippen molar-refractivity contribution in [1.29, 1.82) is 0 Å². The molecule has 5 rings (SSSR count). The van der Waals surface area contributed by atoms with Gasteiger partial charge in [-0.15, -0.1) is 12.4 Å². The van der Waals surface area contributed by atoms with Crippen molar-refractivity contribution in [1.82, 2.24) is 10.3 Å². The first-order valence-electron chi connectivity index (χ1n) is 12.7. The van der Waals surface area contributed by atoms with Crippen LogP contribution in [0.2, 0.25) is 0 Å². The van der Waals surface area contributed by atoms with Crippen molar-refractivity contribution in [3.63, 3.8) is 0 Å². The highest BCUT2D eigenvalue weighted by Crippen LogP contribution is 2.37. The van der Waals surface area contributed by atoms with Crippen LogP contribution in [0.15, 0.2) is 83.7 Å². The minimum atomic E-state index is -4.58. The molecule has 3 atom stereocenters. The number of esters is 1. The molecule has 0 spiro atoms. The van der Waals surface area contributed by atoms with Crippen molar-refractivity contribution in [3.05, 3.63) is 106 Å². The highest BCUT2D eigenvalue weighted by molar-refractivity contribution is 5.90. The molecule has 0 unspecified atom stereocenters. The van der Waals surface area contributed by atoms with Crippen molar-refractivity contribution < 1.29 is 27.5 Å². The number of alkyl halides is 3. The molecule has 1 aromatic heterocycles. The number of hydrogen-bond donors (Lipinski definition) is 3. The van der Waals surface area contributed by atoms with E-state index in [9.17, 15) is 27.6 Å². The third kappa shape index (κ3) is 6.61. The number of nitrogens with one attached hydrogen (secondary N) is 2. The first-order chi connectivity index (χ1) is 19.1. The summed E-state index contributed by atoms with van der Waals surface area (Å²) in [5, 5.41) is 3.50. The number of carbonyl (C=O) groups is 2. The summed E-state index contributed by atoms with van der Waals surface area (Å²) >= 11 is 0. The molecule has 0 bridgehead atoms. The fourth-order valence-electron chi connectivity index (χ4n) is 5.00. The van der Waals surface area contributed by atoms with E-state index in [1.165, 1.54) is 24.3 Å². The second kappa shape index (κ2) is 12.2. The number of nitrogens with two attached hydrogens (primary N) is 1. The van der Waals surface area contributed by atoms with Gasteiger partial charge in [0.15, 0.2) is 0 Å². The lowest BCUT2D eigenvalue weighted by molar-refractivity contribution is -0.146. The summed E-state index contributed by atoms with van der Waals surface area (Å²) in [4.78, 5) is 40.6.